The van der Waals surface area contributed by atoms with E-state index in [-0.39, 0.29) is 0 Å². The quantitative estimate of drug-likeness (QED) is 0.926. The first-order valence-corrected chi connectivity index (χ1v) is 6.36. The fourth-order valence-corrected chi connectivity index (χ4v) is 2.28. The van der Waals surface area contributed by atoms with Crippen molar-refractivity contribution < 1.29 is 5.11 Å². The third-order valence-electron chi connectivity index (χ3n) is 3.05. The fraction of sp³-hybridized carbons (Fsp3) is 0.188. The second kappa shape index (κ2) is 5.44. The maximum Gasteiger partial charge on any atom is 0.0991 e. The Balaban J connectivity index is 2.29. The van der Waals surface area contributed by atoms with Gasteiger partial charge in [0.05, 0.1) is 17.2 Å². The van der Waals surface area contributed by atoms with Crippen LogP contribution >= 0.6 is 11.6 Å². The minimum atomic E-state index is -1.03. The minimum Gasteiger partial charge on any atom is -0.385 e. The summed E-state index contributed by atoms with van der Waals surface area (Å²) in [6.45, 7) is 1.74. The summed E-state index contributed by atoms with van der Waals surface area (Å²) < 4.78 is 0. The molecule has 1 unspecified atom stereocenters. The van der Waals surface area contributed by atoms with E-state index in [2.05, 4.69) is 6.07 Å². The highest BCUT2D eigenvalue weighted by Gasteiger charge is 2.23. The Labute approximate surface area is 117 Å². The standard InChI is InChI=1S/C16H14ClNO/c1-16(19,10-12-4-3-7-15(17)9-12)14-6-2-5-13(8-14)11-18/h2-9,19H,10H2,1H3. The van der Waals surface area contributed by atoms with Crippen LogP contribution in [0.4, 0.5) is 0 Å². The van der Waals surface area contributed by atoms with Crippen LogP contribution in [0.1, 0.15) is 23.6 Å². The van der Waals surface area contributed by atoms with Crippen molar-refractivity contribution in [3.63, 3.8) is 0 Å². The molecule has 96 valence electrons. The lowest BCUT2D eigenvalue weighted by Gasteiger charge is -2.24. The van der Waals surface area contributed by atoms with Gasteiger partial charge in [-0.2, -0.15) is 5.26 Å². The SMILES string of the molecule is CC(O)(Cc1cccc(Cl)c1)c1cccc(C#N)c1. The second-order valence-electron chi connectivity index (χ2n) is 4.77. The maximum absolute atomic E-state index is 10.6. The Hall–Kier alpha value is -1.82. The van der Waals surface area contributed by atoms with Crippen molar-refractivity contribution >= 4 is 11.6 Å². The zero-order valence-electron chi connectivity index (χ0n) is 10.6. The van der Waals surface area contributed by atoms with Crippen LogP contribution in [-0.2, 0) is 12.0 Å². The molecule has 1 N–H and O–H groups in total. The van der Waals surface area contributed by atoms with Crippen molar-refractivity contribution in [2.45, 2.75) is 18.9 Å². The van der Waals surface area contributed by atoms with Crippen molar-refractivity contribution in [1.82, 2.24) is 0 Å². The van der Waals surface area contributed by atoms with Crippen LogP contribution in [0.5, 0.6) is 0 Å². The molecule has 2 aromatic rings. The van der Waals surface area contributed by atoms with Crippen LogP contribution in [-0.4, -0.2) is 5.11 Å². The predicted molar refractivity (Wildman–Crippen MR) is 75.9 cm³/mol. The minimum absolute atomic E-state index is 0.447. The van der Waals surface area contributed by atoms with E-state index in [1.54, 1.807) is 31.2 Å². The third-order valence-corrected chi connectivity index (χ3v) is 3.29. The maximum atomic E-state index is 10.6. The van der Waals surface area contributed by atoms with E-state index in [4.69, 9.17) is 16.9 Å². The van der Waals surface area contributed by atoms with E-state index in [0.29, 0.717) is 17.0 Å². The summed E-state index contributed by atoms with van der Waals surface area (Å²) in [6, 6.07) is 16.5. The summed E-state index contributed by atoms with van der Waals surface area (Å²) in [5.41, 5.74) is 1.20. The molecule has 2 nitrogen and oxygen atoms in total. The molecular formula is C16H14ClNO. The Kier molecular flexibility index (Phi) is 3.90. The molecule has 0 aliphatic carbocycles. The molecule has 19 heavy (non-hydrogen) atoms. The summed E-state index contributed by atoms with van der Waals surface area (Å²) in [6.07, 6.45) is 0.447. The molecule has 3 heteroatoms. The number of halogens is 1. The van der Waals surface area contributed by atoms with Gasteiger partial charge in [-0.15, -0.1) is 0 Å². The largest absolute Gasteiger partial charge is 0.385 e. The predicted octanol–water partition coefficient (Wildman–Crippen LogP) is 3.66. The highest BCUT2D eigenvalue weighted by atomic mass is 35.5. The van der Waals surface area contributed by atoms with E-state index in [9.17, 15) is 5.11 Å². The van der Waals surface area contributed by atoms with Crippen molar-refractivity contribution in [3.05, 3.63) is 70.2 Å². The van der Waals surface area contributed by atoms with Gasteiger partial charge in [0.1, 0.15) is 0 Å². The molecule has 1 atom stereocenters. The van der Waals surface area contributed by atoms with Crippen molar-refractivity contribution in [2.24, 2.45) is 0 Å². The average Bonchev–Trinajstić information content (AvgIpc) is 2.38. The van der Waals surface area contributed by atoms with Gasteiger partial charge in [0.2, 0.25) is 0 Å². The molecule has 0 aliphatic rings. The molecule has 0 saturated carbocycles. The first-order valence-electron chi connectivity index (χ1n) is 5.99. The number of aliphatic hydroxyl groups is 1. The summed E-state index contributed by atoms with van der Waals surface area (Å²) in [7, 11) is 0. The molecular weight excluding hydrogens is 258 g/mol. The molecule has 0 amide bonds. The van der Waals surface area contributed by atoms with Crippen molar-refractivity contribution in [1.29, 1.82) is 5.26 Å². The number of hydrogen-bond acceptors (Lipinski definition) is 2. The highest BCUT2D eigenvalue weighted by Crippen LogP contribution is 2.26. The third kappa shape index (κ3) is 3.35. The van der Waals surface area contributed by atoms with E-state index in [1.807, 2.05) is 24.3 Å². The van der Waals surface area contributed by atoms with Gasteiger partial charge in [0.25, 0.3) is 0 Å². The molecule has 0 bridgehead atoms. The fourth-order valence-electron chi connectivity index (χ4n) is 2.07. The van der Waals surface area contributed by atoms with Crippen LogP contribution in [0.2, 0.25) is 5.02 Å². The molecule has 0 heterocycles. The van der Waals surface area contributed by atoms with Gasteiger partial charge in [-0.3, -0.25) is 0 Å². The molecule has 0 spiro atoms. The molecule has 0 aliphatic heterocycles. The van der Waals surface area contributed by atoms with Crippen LogP contribution in [0, 0.1) is 11.3 Å². The number of benzene rings is 2. The number of nitrogens with zero attached hydrogens (tertiary/aromatic N) is 1. The van der Waals surface area contributed by atoms with Crippen LogP contribution in [0.15, 0.2) is 48.5 Å². The van der Waals surface area contributed by atoms with E-state index < -0.39 is 5.60 Å². The van der Waals surface area contributed by atoms with Gasteiger partial charge in [-0.1, -0.05) is 35.9 Å². The summed E-state index contributed by atoms with van der Waals surface area (Å²) in [5, 5.41) is 20.2. The number of nitriles is 1. The van der Waals surface area contributed by atoms with E-state index in [0.717, 1.165) is 11.1 Å². The van der Waals surface area contributed by atoms with Gasteiger partial charge >= 0.3 is 0 Å². The van der Waals surface area contributed by atoms with Crippen molar-refractivity contribution in [2.75, 3.05) is 0 Å². The average molecular weight is 272 g/mol. The van der Waals surface area contributed by atoms with E-state index >= 15 is 0 Å². The summed E-state index contributed by atoms with van der Waals surface area (Å²) in [4.78, 5) is 0. The summed E-state index contributed by atoms with van der Waals surface area (Å²) in [5.74, 6) is 0. The smallest absolute Gasteiger partial charge is 0.0991 e. The zero-order valence-corrected chi connectivity index (χ0v) is 11.4. The molecule has 0 aromatic heterocycles. The lowest BCUT2D eigenvalue weighted by atomic mass is 9.88. The Morgan fingerprint density at radius 1 is 1.21 bits per heavy atom. The van der Waals surface area contributed by atoms with Crippen molar-refractivity contribution in [3.8, 4) is 6.07 Å². The first-order chi connectivity index (χ1) is 9.01. The summed E-state index contributed by atoms with van der Waals surface area (Å²) >= 11 is 5.94. The van der Waals surface area contributed by atoms with Crippen LogP contribution in [0.3, 0.4) is 0 Å². The first kappa shape index (κ1) is 13.6. The molecule has 0 radical (unpaired) electrons. The normalized spacial score (nSPS) is 13.6. The molecule has 2 rings (SSSR count). The van der Waals surface area contributed by atoms with Gasteiger partial charge in [0.15, 0.2) is 0 Å². The van der Waals surface area contributed by atoms with Gasteiger partial charge in [0, 0.05) is 11.4 Å². The van der Waals surface area contributed by atoms with E-state index in [1.165, 1.54) is 0 Å². The lowest BCUT2D eigenvalue weighted by molar-refractivity contribution is 0.0576. The molecule has 0 fully saturated rings. The van der Waals surface area contributed by atoms with Crippen LogP contribution < -0.4 is 0 Å². The van der Waals surface area contributed by atoms with Gasteiger partial charge in [-0.25, -0.2) is 0 Å². The number of hydrogen-bond donors (Lipinski definition) is 1. The number of rotatable bonds is 3. The van der Waals surface area contributed by atoms with Gasteiger partial charge in [-0.05, 0) is 42.3 Å². The Bertz CT molecular complexity index is 629. The zero-order chi connectivity index (χ0) is 13.9. The Morgan fingerprint density at radius 2 is 1.95 bits per heavy atom. The monoisotopic (exact) mass is 271 g/mol. The lowest BCUT2D eigenvalue weighted by Crippen LogP contribution is -2.24. The molecule has 2 aromatic carbocycles. The topological polar surface area (TPSA) is 44.0 Å². The second-order valence-corrected chi connectivity index (χ2v) is 5.21. The Morgan fingerprint density at radius 3 is 2.63 bits per heavy atom. The highest BCUT2D eigenvalue weighted by molar-refractivity contribution is 6.30. The molecule has 0 saturated heterocycles. The van der Waals surface area contributed by atoms with Crippen LogP contribution in [0.25, 0.3) is 0 Å². The van der Waals surface area contributed by atoms with Gasteiger partial charge < -0.3 is 5.11 Å².